The Kier molecular flexibility index (Phi) is 2.95. The van der Waals surface area contributed by atoms with Crippen LogP contribution in [0.5, 0.6) is 0 Å². The fourth-order valence-corrected chi connectivity index (χ4v) is 1.13. The second-order valence-corrected chi connectivity index (χ2v) is 2.93. The smallest absolute Gasteiger partial charge is 0.258 e. The van der Waals surface area contributed by atoms with Gasteiger partial charge in [-0.15, -0.1) is 0 Å². The highest BCUT2D eigenvalue weighted by Gasteiger charge is 2.22. The Morgan fingerprint density at radius 2 is 2.00 bits per heavy atom. The first kappa shape index (κ1) is 11.0. The summed E-state index contributed by atoms with van der Waals surface area (Å²) in [4.78, 5) is 9.67. The van der Waals surface area contributed by atoms with E-state index in [-0.39, 0.29) is 5.56 Å². The molecule has 78 valence electrons. The van der Waals surface area contributed by atoms with Gasteiger partial charge in [0.15, 0.2) is 11.6 Å². The first-order valence-corrected chi connectivity index (χ1v) is 4.00. The summed E-state index contributed by atoms with van der Waals surface area (Å²) in [6, 6.07) is 2.90. The molecule has 0 N–H and O–H groups in total. The number of hydrogen-bond donors (Lipinski definition) is 0. The molecule has 1 atom stereocenters. The molecular formula is C9H6F2N2O2. The van der Waals surface area contributed by atoms with Gasteiger partial charge < -0.3 is 0 Å². The Hall–Kier alpha value is -2.03. The van der Waals surface area contributed by atoms with Gasteiger partial charge in [-0.25, -0.2) is 8.78 Å². The molecule has 1 rings (SSSR count). The van der Waals surface area contributed by atoms with Crippen molar-refractivity contribution in [2.75, 3.05) is 0 Å². The Bertz CT molecular complexity index is 454. The Morgan fingerprint density at radius 3 is 2.47 bits per heavy atom. The monoisotopic (exact) mass is 212 g/mol. The third-order valence-corrected chi connectivity index (χ3v) is 1.93. The van der Waals surface area contributed by atoms with Crippen LogP contribution in [-0.2, 0) is 0 Å². The molecule has 0 saturated carbocycles. The quantitative estimate of drug-likeness (QED) is 0.558. The molecule has 0 saturated heterocycles. The fourth-order valence-electron chi connectivity index (χ4n) is 1.13. The average molecular weight is 212 g/mol. The topological polar surface area (TPSA) is 66.9 Å². The Morgan fingerprint density at radius 1 is 1.47 bits per heavy atom. The predicted molar refractivity (Wildman–Crippen MR) is 47.0 cm³/mol. The van der Waals surface area contributed by atoms with E-state index < -0.39 is 28.2 Å². The molecule has 0 amide bonds. The number of nitro benzene ring substituents is 1. The molecule has 0 aliphatic rings. The van der Waals surface area contributed by atoms with E-state index in [0.29, 0.717) is 12.1 Å². The summed E-state index contributed by atoms with van der Waals surface area (Å²) in [5.74, 6) is -3.35. The molecule has 6 heteroatoms. The van der Waals surface area contributed by atoms with Gasteiger partial charge in [-0.05, 0) is 13.0 Å². The molecule has 1 unspecified atom stereocenters. The van der Waals surface area contributed by atoms with Crippen LogP contribution in [0.2, 0.25) is 0 Å². The Balaban J connectivity index is 3.43. The van der Waals surface area contributed by atoms with E-state index in [9.17, 15) is 18.9 Å². The molecule has 0 bridgehead atoms. The van der Waals surface area contributed by atoms with Crippen molar-refractivity contribution in [2.45, 2.75) is 12.8 Å². The van der Waals surface area contributed by atoms with Crippen LogP contribution < -0.4 is 0 Å². The maximum absolute atomic E-state index is 12.8. The van der Waals surface area contributed by atoms with Gasteiger partial charge in [-0.2, -0.15) is 5.26 Å². The van der Waals surface area contributed by atoms with Crippen molar-refractivity contribution in [2.24, 2.45) is 0 Å². The number of nitrogens with zero attached hydrogens (tertiary/aromatic N) is 2. The molecule has 0 aliphatic carbocycles. The van der Waals surface area contributed by atoms with Gasteiger partial charge in [0.1, 0.15) is 0 Å². The largest absolute Gasteiger partial charge is 0.277 e. The SMILES string of the molecule is CC(C#N)c1cc(F)c(F)cc1[N+](=O)[O-]. The zero-order valence-corrected chi connectivity index (χ0v) is 7.70. The van der Waals surface area contributed by atoms with Crippen molar-refractivity contribution < 1.29 is 13.7 Å². The predicted octanol–water partition coefficient (Wildman–Crippen LogP) is 2.50. The lowest BCUT2D eigenvalue weighted by Crippen LogP contribution is -2.01. The van der Waals surface area contributed by atoms with E-state index in [0.717, 1.165) is 0 Å². The van der Waals surface area contributed by atoms with Crippen LogP contribution in [0, 0.1) is 33.1 Å². The van der Waals surface area contributed by atoms with Gasteiger partial charge in [0.05, 0.1) is 23.0 Å². The third kappa shape index (κ3) is 2.07. The summed E-state index contributed by atoms with van der Waals surface area (Å²) in [5, 5.41) is 19.1. The minimum Gasteiger partial charge on any atom is -0.258 e. The molecular weight excluding hydrogens is 206 g/mol. The van der Waals surface area contributed by atoms with Crippen LogP contribution in [-0.4, -0.2) is 4.92 Å². The molecule has 0 heterocycles. The highest BCUT2D eigenvalue weighted by Crippen LogP contribution is 2.28. The normalized spacial score (nSPS) is 11.9. The summed E-state index contributed by atoms with van der Waals surface area (Å²) in [7, 11) is 0. The van der Waals surface area contributed by atoms with Crippen LogP contribution >= 0.6 is 0 Å². The first-order valence-electron chi connectivity index (χ1n) is 4.00. The standard InChI is InChI=1S/C9H6F2N2O2/c1-5(4-12)6-2-7(10)8(11)3-9(6)13(14)15/h2-3,5H,1H3. The van der Waals surface area contributed by atoms with Crippen molar-refractivity contribution in [3.63, 3.8) is 0 Å². The van der Waals surface area contributed by atoms with E-state index in [4.69, 9.17) is 5.26 Å². The summed E-state index contributed by atoms with van der Waals surface area (Å²) < 4.78 is 25.5. The van der Waals surface area contributed by atoms with Gasteiger partial charge in [0.2, 0.25) is 0 Å². The van der Waals surface area contributed by atoms with Crippen LogP contribution in [0.3, 0.4) is 0 Å². The first-order chi connectivity index (χ1) is 6.97. The number of benzene rings is 1. The van der Waals surface area contributed by atoms with Crippen molar-refractivity contribution in [3.05, 3.63) is 39.4 Å². The molecule has 1 aromatic carbocycles. The lowest BCUT2D eigenvalue weighted by atomic mass is 10.0. The zero-order chi connectivity index (χ0) is 11.6. The molecule has 0 fully saturated rings. The van der Waals surface area contributed by atoms with Gasteiger partial charge in [0.25, 0.3) is 5.69 Å². The van der Waals surface area contributed by atoms with E-state index in [2.05, 4.69) is 0 Å². The molecule has 0 radical (unpaired) electrons. The number of hydrogen-bond acceptors (Lipinski definition) is 3. The van der Waals surface area contributed by atoms with Crippen LogP contribution in [0.4, 0.5) is 14.5 Å². The lowest BCUT2D eigenvalue weighted by molar-refractivity contribution is -0.385. The average Bonchev–Trinajstić information content (AvgIpc) is 2.20. The lowest BCUT2D eigenvalue weighted by Gasteiger charge is -2.04. The van der Waals surface area contributed by atoms with E-state index in [1.165, 1.54) is 6.92 Å². The summed E-state index contributed by atoms with van der Waals surface area (Å²) in [6.07, 6.45) is 0. The number of halogens is 2. The highest BCUT2D eigenvalue weighted by molar-refractivity contribution is 5.45. The molecule has 15 heavy (non-hydrogen) atoms. The maximum Gasteiger partial charge on any atom is 0.277 e. The molecule has 0 aromatic heterocycles. The van der Waals surface area contributed by atoms with E-state index in [1.807, 2.05) is 0 Å². The maximum atomic E-state index is 12.8. The van der Waals surface area contributed by atoms with Crippen molar-refractivity contribution in [1.82, 2.24) is 0 Å². The van der Waals surface area contributed by atoms with Crippen molar-refractivity contribution in [3.8, 4) is 6.07 Å². The van der Waals surface area contributed by atoms with Gasteiger partial charge in [-0.1, -0.05) is 0 Å². The number of nitriles is 1. The van der Waals surface area contributed by atoms with Gasteiger partial charge >= 0.3 is 0 Å². The van der Waals surface area contributed by atoms with Crippen molar-refractivity contribution in [1.29, 1.82) is 5.26 Å². The van der Waals surface area contributed by atoms with E-state index in [1.54, 1.807) is 6.07 Å². The van der Waals surface area contributed by atoms with Gasteiger partial charge in [0, 0.05) is 5.56 Å². The number of nitro groups is 1. The minimum atomic E-state index is -1.30. The van der Waals surface area contributed by atoms with Crippen LogP contribution in [0.1, 0.15) is 18.4 Å². The highest BCUT2D eigenvalue weighted by atomic mass is 19.2. The molecule has 4 nitrogen and oxygen atoms in total. The molecule has 0 aliphatic heterocycles. The van der Waals surface area contributed by atoms with Crippen molar-refractivity contribution >= 4 is 5.69 Å². The second kappa shape index (κ2) is 4.00. The minimum absolute atomic E-state index is 0.124. The van der Waals surface area contributed by atoms with E-state index >= 15 is 0 Å². The second-order valence-electron chi connectivity index (χ2n) is 2.93. The van der Waals surface area contributed by atoms with Gasteiger partial charge in [-0.3, -0.25) is 10.1 Å². The Labute approximate surface area is 83.9 Å². The fraction of sp³-hybridized carbons (Fsp3) is 0.222. The summed E-state index contributed by atoms with van der Waals surface area (Å²) >= 11 is 0. The third-order valence-electron chi connectivity index (χ3n) is 1.93. The van der Waals surface area contributed by atoms with Crippen LogP contribution in [0.15, 0.2) is 12.1 Å². The molecule has 0 spiro atoms. The number of rotatable bonds is 2. The zero-order valence-electron chi connectivity index (χ0n) is 7.70. The summed E-state index contributed by atoms with van der Waals surface area (Å²) in [5.41, 5.74) is -0.704. The molecule has 1 aromatic rings. The van der Waals surface area contributed by atoms with Crippen LogP contribution in [0.25, 0.3) is 0 Å². The summed E-state index contributed by atoms with van der Waals surface area (Å²) in [6.45, 7) is 1.37.